The fraction of sp³-hybridized carbons (Fsp3) is 0.522. The van der Waals surface area contributed by atoms with Gasteiger partial charge in [-0.15, -0.1) is 0 Å². The molecule has 184 valence electrons. The second-order valence-corrected chi connectivity index (χ2v) is 24.3. The summed E-state index contributed by atoms with van der Waals surface area (Å²) in [7, 11) is 0. The van der Waals surface area contributed by atoms with Gasteiger partial charge in [0.2, 0.25) is 0 Å². The molecule has 1 saturated carbocycles. The first-order chi connectivity index (χ1) is 15.8. The summed E-state index contributed by atoms with van der Waals surface area (Å²) in [6.07, 6.45) is -2.36. The van der Waals surface area contributed by atoms with Crippen LogP contribution in [0.5, 0.6) is 0 Å². The van der Waals surface area contributed by atoms with E-state index >= 15 is 0 Å². The number of nitrogens with one attached hydrogen (secondary N) is 1. The number of piperazine rings is 1. The van der Waals surface area contributed by atoms with Crippen LogP contribution in [0.4, 0.5) is 35.3 Å². The molecule has 1 unspecified atom stereocenters. The Morgan fingerprint density at radius 2 is 1.91 bits per heavy atom. The summed E-state index contributed by atoms with van der Waals surface area (Å²) in [5.41, 5.74) is 2.19. The minimum atomic E-state index is -4.47. The Morgan fingerprint density at radius 1 is 1.21 bits per heavy atom. The van der Waals surface area contributed by atoms with Crippen LogP contribution in [0.1, 0.15) is 36.8 Å². The monoisotopic (exact) mass is 585 g/mol. The molecule has 2 N–H and O–H groups in total. The molecule has 1 aliphatic carbocycles. The van der Waals surface area contributed by atoms with E-state index in [0.29, 0.717) is 25.6 Å². The predicted octanol–water partition coefficient (Wildman–Crippen LogP) is 4.85. The van der Waals surface area contributed by atoms with E-state index < -0.39 is 36.2 Å². The minimum Gasteiger partial charge on any atom is -0.465 e. The van der Waals surface area contributed by atoms with Crippen molar-refractivity contribution in [3.05, 3.63) is 35.5 Å². The Hall–Kier alpha value is -2.24. The third-order valence-electron chi connectivity index (χ3n) is 6.34. The number of aromatic nitrogens is 2. The fourth-order valence-electron chi connectivity index (χ4n) is 4.41. The first-order valence-corrected chi connectivity index (χ1v) is 21.4. The first kappa shape index (κ1) is 24.9. The molecule has 2 aromatic rings. The normalized spacial score (nSPS) is 19.3. The summed E-state index contributed by atoms with van der Waals surface area (Å²) in [5.74, 6) is 0.573. The quantitative estimate of drug-likeness (QED) is 0.490. The molecule has 7 nitrogen and oxygen atoms in total. The number of benzene rings is 1. The molecule has 0 spiro atoms. The number of anilines is 3. The number of amides is 1. The third-order valence-corrected chi connectivity index (χ3v) is 11.5. The van der Waals surface area contributed by atoms with Crippen LogP contribution in [-0.4, -0.2) is 70.1 Å². The van der Waals surface area contributed by atoms with Gasteiger partial charge in [-0.3, -0.25) is 0 Å². The van der Waals surface area contributed by atoms with Gasteiger partial charge in [0.25, 0.3) is 0 Å². The molecule has 1 saturated heterocycles. The molecule has 1 aromatic carbocycles. The molecule has 34 heavy (non-hydrogen) atoms. The van der Waals surface area contributed by atoms with Crippen LogP contribution in [0.3, 0.4) is 0 Å². The summed E-state index contributed by atoms with van der Waals surface area (Å²) in [6, 6.07) is 5.89. The van der Waals surface area contributed by atoms with Gasteiger partial charge in [-0.05, 0) is 0 Å². The fourth-order valence-corrected chi connectivity index (χ4v) is 8.57. The maximum atomic E-state index is 13.5. The van der Waals surface area contributed by atoms with E-state index in [1.54, 1.807) is 0 Å². The second-order valence-electron chi connectivity index (χ2n) is 10.1. The number of carboxylic acid groups (broad SMARTS) is 1. The summed E-state index contributed by atoms with van der Waals surface area (Å²) < 4.78 is 40.7. The molecular formula is C23H30F3N5O2Sn. The standard InChI is InChI=1S/C20H21F3N5O2.3CH3.Sn/c1-12-11-27(6-7-28(12)19(29)30)15-4-5-17(16(8-15)13-2-3-13)26-18-24-9-14(10-25-18)20(21,22)23;;;;/h4-5,8-9,12-13H,2-3,6-7,11H2,1H3,(H,29,30)(H,24,25,26);3*1H3;. The molecule has 1 atom stereocenters. The molecule has 2 fully saturated rings. The molecule has 11 heteroatoms. The zero-order valence-electron chi connectivity index (χ0n) is 19.8. The summed E-state index contributed by atoms with van der Waals surface area (Å²) in [4.78, 5) is 29.1. The van der Waals surface area contributed by atoms with Crippen molar-refractivity contribution in [2.24, 2.45) is 0 Å². The molecule has 2 heterocycles. The smallest absolute Gasteiger partial charge is 0.465 e. The van der Waals surface area contributed by atoms with Crippen molar-refractivity contribution in [2.75, 3.05) is 29.9 Å². The Morgan fingerprint density at radius 3 is 2.47 bits per heavy atom. The van der Waals surface area contributed by atoms with Gasteiger partial charge < -0.3 is 5.11 Å². The van der Waals surface area contributed by atoms with Crippen LogP contribution in [0.15, 0.2) is 24.4 Å². The molecular weight excluding hydrogens is 554 g/mol. The van der Waals surface area contributed by atoms with Crippen LogP contribution in [0, 0.1) is 0 Å². The first-order valence-electron chi connectivity index (χ1n) is 11.4. The van der Waals surface area contributed by atoms with E-state index in [1.807, 2.05) is 33.9 Å². The summed E-state index contributed by atoms with van der Waals surface area (Å²) in [6.45, 7) is 3.55. The number of alkyl halides is 3. The zero-order valence-corrected chi connectivity index (χ0v) is 22.6. The minimum absolute atomic E-state index is 0.115. The number of hydrogen-bond donors (Lipinski definition) is 2. The SMILES string of the molecule is CC1CN(c2ccc(Nc3ncc(C(F)(F)F)[c]([Sn]([CH3])([CH3])[CH3])n3)c(C3CC3)c2)CCN1C(=O)O. The average Bonchev–Trinajstić information content (AvgIpc) is 3.57. The van der Waals surface area contributed by atoms with Gasteiger partial charge in [-0.25, -0.2) is 4.79 Å². The van der Waals surface area contributed by atoms with Crippen molar-refractivity contribution < 1.29 is 23.1 Å². The van der Waals surface area contributed by atoms with Gasteiger partial charge in [0.1, 0.15) is 0 Å². The van der Waals surface area contributed by atoms with E-state index in [4.69, 9.17) is 0 Å². The van der Waals surface area contributed by atoms with Crippen molar-refractivity contribution in [2.45, 2.75) is 52.7 Å². The molecule has 4 rings (SSSR count). The average molecular weight is 584 g/mol. The molecule has 1 aliphatic heterocycles. The van der Waals surface area contributed by atoms with Gasteiger partial charge in [-0.2, -0.15) is 0 Å². The van der Waals surface area contributed by atoms with Crippen LogP contribution in [0.2, 0.25) is 14.8 Å². The van der Waals surface area contributed by atoms with E-state index in [9.17, 15) is 23.1 Å². The van der Waals surface area contributed by atoms with Crippen molar-refractivity contribution in [1.29, 1.82) is 0 Å². The van der Waals surface area contributed by atoms with Crippen molar-refractivity contribution >= 4 is 45.5 Å². The molecule has 0 bridgehead atoms. The van der Waals surface area contributed by atoms with Crippen LogP contribution >= 0.6 is 0 Å². The van der Waals surface area contributed by atoms with Crippen LogP contribution in [0.25, 0.3) is 0 Å². The number of hydrogen-bond acceptors (Lipinski definition) is 5. The van der Waals surface area contributed by atoms with Crippen molar-refractivity contribution in [3.63, 3.8) is 0 Å². The summed E-state index contributed by atoms with van der Waals surface area (Å²) in [5, 5.41) is 12.5. The number of rotatable bonds is 5. The Balaban J connectivity index is 1.61. The Labute approximate surface area is 201 Å². The second kappa shape index (κ2) is 9.08. The number of halogens is 3. The van der Waals surface area contributed by atoms with Gasteiger partial charge >= 0.3 is 192 Å². The maximum absolute atomic E-state index is 13.5. The van der Waals surface area contributed by atoms with Gasteiger partial charge in [0.05, 0.1) is 0 Å². The number of nitrogens with zero attached hydrogens (tertiary/aromatic N) is 4. The molecule has 1 amide bonds. The third kappa shape index (κ3) is 5.36. The molecule has 1 aromatic heterocycles. The summed E-state index contributed by atoms with van der Waals surface area (Å²) >= 11 is -3.18. The van der Waals surface area contributed by atoms with Crippen molar-refractivity contribution in [3.8, 4) is 0 Å². The van der Waals surface area contributed by atoms with E-state index in [0.717, 1.165) is 36.0 Å². The van der Waals surface area contributed by atoms with Crippen molar-refractivity contribution in [1.82, 2.24) is 14.9 Å². The van der Waals surface area contributed by atoms with E-state index in [1.165, 1.54) is 4.90 Å². The Bertz CT molecular complexity index is 1090. The Kier molecular flexibility index (Phi) is 6.64. The van der Waals surface area contributed by atoms with E-state index in [-0.39, 0.29) is 15.7 Å². The predicted molar refractivity (Wildman–Crippen MR) is 128 cm³/mol. The van der Waals surface area contributed by atoms with Crippen LogP contribution in [-0.2, 0) is 6.18 Å². The van der Waals surface area contributed by atoms with Gasteiger partial charge in [0, 0.05) is 0 Å². The van der Waals surface area contributed by atoms with Gasteiger partial charge in [0.15, 0.2) is 0 Å². The topological polar surface area (TPSA) is 81.6 Å². The van der Waals surface area contributed by atoms with Crippen LogP contribution < -0.4 is 13.9 Å². The molecule has 2 aliphatic rings. The van der Waals surface area contributed by atoms with Gasteiger partial charge in [-0.1, -0.05) is 0 Å². The number of carbonyl (C=O) groups is 1. The van der Waals surface area contributed by atoms with E-state index in [2.05, 4.69) is 26.3 Å². The zero-order chi connectivity index (χ0) is 24.8. The molecule has 0 radical (unpaired) electrons.